The highest BCUT2D eigenvalue weighted by atomic mass is 79.9. The third-order valence-electron chi connectivity index (χ3n) is 2.59. The fourth-order valence-corrected chi connectivity index (χ4v) is 3.13. The molecule has 1 rings (SSSR count). The van der Waals surface area contributed by atoms with Crippen LogP contribution < -0.4 is 10.0 Å². The predicted molar refractivity (Wildman–Crippen MR) is 83.3 cm³/mol. The second kappa shape index (κ2) is 6.24. The number of amides is 1. The number of sulfonamides is 1. The van der Waals surface area contributed by atoms with Crippen molar-refractivity contribution in [2.24, 2.45) is 0 Å². The molecule has 0 aromatic heterocycles. The van der Waals surface area contributed by atoms with E-state index in [2.05, 4.69) is 26.0 Å². The lowest BCUT2D eigenvalue weighted by Gasteiger charge is -2.25. The molecule has 20 heavy (non-hydrogen) atoms. The summed E-state index contributed by atoms with van der Waals surface area (Å²) in [6, 6.07) is 5.31. The molecule has 0 radical (unpaired) electrons. The molecule has 0 aliphatic rings. The first-order chi connectivity index (χ1) is 9.00. The van der Waals surface area contributed by atoms with Gasteiger partial charge in [0.1, 0.15) is 0 Å². The molecule has 5 nitrogen and oxygen atoms in total. The first-order valence-electron chi connectivity index (χ1n) is 6.03. The lowest BCUT2D eigenvalue weighted by Crippen LogP contribution is -2.51. The van der Waals surface area contributed by atoms with Gasteiger partial charge in [-0.3, -0.25) is 4.79 Å². The zero-order valence-corrected chi connectivity index (χ0v) is 14.4. The van der Waals surface area contributed by atoms with Crippen molar-refractivity contribution in [2.45, 2.75) is 26.3 Å². The van der Waals surface area contributed by atoms with Gasteiger partial charge in [-0.05, 0) is 38.5 Å². The van der Waals surface area contributed by atoms with Crippen LogP contribution >= 0.6 is 15.9 Å². The van der Waals surface area contributed by atoms with E-state index in [-0.39, 0.29) is 12.5 Å². The van der Waals surface area contributed by atoms with Crippen LogP contribution in [0.5, 0.6) is 0 Å². The average molecular weight is 363 g/mol. The van der Waals surface area contributed by atoms with Crippen LogP contribution in [0.2, 0.25) is 0 Å². The molecule has 0 saturated heterocycles. The molecule has 0 fully saturated rings. The smallest absolute Gasteiger partial charge is 0.251 e. The van der Waals surface area contributed by atoms with Crippen molar-refractivity contribution in [3.05, 3.63) is 33.8 Å². The Bertz CT molecular complexity index is 612. The molecular formula is C13H19BrN2O3S. The molecule has 0 saturated carbocycles. The molecule has 0 unspecified atom stereocenters. The van der Waals surface area contributed by atoms with Gasteiger partial charge in [-0.25, -0.2) is 13.1 Å². The van der Waals surface area contributed by atoms with Crippen LogP contribution in [0.4, 0.5) is 0 Å². The molecule has 112 valence electrons. The highest BCUT2D eigenvalue weighted by Crippen LogP contribution is 2.17. The van der Waals surface area contributed by atoms with Gasteiger partial charge in [0.05, 0.1) is 6.26 Å². The number of benzene rings is 1. The summed E-state index contributed by atoms with van der Waals surface area (Å²) in [7, 11) is -3.32. The lowest BCUT2D eigenvalue weighted by atomic mass is 10.1. The Morgan fingerprint density at radius 2 is 1.95 bits per heavy atom. The molecule has 1 amide bonds. The van der Waals surface area contributed by atoms with Gasteiger partial charge in [0.15, 0.2) is 0 Å². The molecule has 7 heteroatoms. The summed E-state index contributed by atoms with van der Waals surface area (Å²) in [5, 5.41) is 2.72. The molecule has 1 aromatic rings. The van der Waals surface area contributed by atoms with Crippen molar-refractivity contribution < 1.29 is 13.2 Å². The molecule has 0 atom stereocenters. The van der Waals surface area contributed by atoms with Crippen molar-refractivity contribution >= 4 is 31.9 Å². The molecule has 1 aromatic carbocycles. The van der Waals surface area contributed by atoms with Gasteiger partial charge in [0.25, 0.3) is 5.91 Å². The number of hydrogen-bond acceptors (Lipinski definition) is 3. The monoisotopic (exact) mass is 362 g/mol. The molecule has 0 aliphatic carbocycles. The van der Waals surface area contributed by atoms with Gasteiger partial charge in [0.2, 0.25) is 10.0 Å². The molecule has 0 aliphatic heterocycles. The van der Waals surface area contributed by atoms with Crippen molar-refractivity contribution in [2.75, 3.05) is 12.8 Å². The number of carbonyl (C=O) groups is 1. The van der Waals surface area contributed by atoms with Gasteiger partial charge >= 0.3 is 0 Å². The highest BCUT2D eigenvalue weighted by Gasteiger charge is 2.23. The quantitative estimate of drug-likeness (QED) is 0.838. The molecule has 0 spiro atoms. The van der Waals surface area contributed by atoms with Crippen molar-refractivity contribution in [1.29, 1.82) is 0 Å². The number of aryl methyl sites for hydroxylation is 1. The maximum Gasteiger partial charge on any atom is 0.251 e. The third-order valence-corrected chi connectivity index (χ3v) is 4.36. The van der Waals surface area contributed by atoms with Crippen LogP contribution in [0.1, 0.15) is 29.8 Å². The maximum absolute atomic E-state index is 12.0. The van der Waals surface area contributed by atoms with E-state index in [0.717, 1.165) is 16.3 Å². The van der Waals surface area contributed by atoms with Crippen LogP contribution in [0.3, 0.4) is 0 Å². The van der Waals surface area contributed by atoms with Crippen LogP contribution in [-0.4, -0.2) is 32.7 Å². The first-order valence-corrected chi connectivity index (χ1v) is 8.72. The predicted octanol–water partition coefficient (Wildman–Crippen LogP) is 1.82. The molecular weight excluding hydrogens is 344 g/mol. The Balaban J connectivity index is 2.69. The number of nitrogens with one attached hydrogen (secondary N) is 2. The van der Waals surface area contributed by atoms with E-state index < -0.39 is 15.6 Å². The number of carbonyl (C=O) groups excluding carboxylic acids is 1. The minimum absolute atomic E-state index is 0.199. The van der Waals surface area contributed by atoms with Crippen LogP contribution in [0, 0.1) is 6.92 Å². The molecule has 2 N–H and O–H groups in total. The maximum atomic E-state index is 12.0. The van der Waals surface area contributed by atoms with Crippen molar-refractivity contribution in [3.8, 4) is 0 Å². The number of rotatable bonds is 5. The Labute approximate surface area is 128 Å². The summed E-state index contributed by atoms with van der Waals surface area (Å²) < 4.78 is 25.8. The second-order valence-corrected chi connectivity index (χ2v) is 8.01. The van der Waals surface area contributed by atoms with E-state index in [0.29, 0.717) is 5.56 Å². The SMILES string of the molecule is Cc1ccc(C(=O)NCC(C)(C)NS(C)(=O)=O)cc1Br. The summed E-state index contributed by atoms with van der Waals surface area (Å²) in [5.41, 5.74) is 0.823. The standard InChI is InChI=1S/C13H19BrN2O3S/c1-9-5-6-10(7-11(9)14)12(17)15-8-13(2,3)16-20(4,18)19/h5-7,16H,8H2,1-4H3,(H,15,17). The fraction of sp³-hybridized carbons (Fsp3) is 0.462. The highest BCUT2D eigenvalue weighted by molar-refractivity contribution is 9.10. The van der Waals surface area contributed by atoms with Crippen LogP contribution in [-0.2, 0) is 10.0 Å². The summed E-state index contributed by atoms with van der Waals surface area (Å²) >= 11 is 3.37. The van der Waals surface area contributed by atoms with E-state index in [4.69, 9.17) is 0 Å². The van der Waals surface area contributed by atoms with Gasteiger partial charge in [-0.2, -0.15) is 0 Å². The van der Waals surface area contributed by atoms with E-state index in [1.165, 1.54) is 0 Å². The third kappa shape index (κ3) is 5.60. The molecule has 0 heterocycles. The Morgan fingerprint density at radius 3 is 2.45 bits per heavy atom. The normalized spacial score (nSPS) is 12.2. The summed E-state index contributed by atoms with van der Waals surface area (Å²) in [4.78, 5) is 12.0. The van der Waals surface area contributed by atoms with Crippen molar-refractivity contribution in [3.63, 3.8) is 0 Å². The second-order valence-electron chi connectivity index (χ2n) is 5.40. The fourth-order valence-electron chi connectivity index (χ4n) is 1.68. The van der Waals surface area contributed by atoms with Crippen molar-refractivity contribution in [1.82, 2.24) is 10.0 Å². The summed E-state index contributed by atoms with van der Waals surface area (Å²) in [6.45, 7) is 5.55. The van der Waals surface area contributed by atoms with E-state index in [1.54, 1.807) is 26.0 Å². The molecule has 0 bridgehead atoms. The minimum atomic E-state index is -3.32. The van der Waals surface area contributed by atoms with Gasteiger partial charge in [-0.15, -0.1) is 0 Å². The van der Waals surface area contributed by atoms with Crippen LogP contribution in [0.25, 0.3) is 0 Å². The topological polar surface area (TPSA) is 75.3 Å². The van der Waals surface area contributed by atoms with Gasteiger partial charge < -0.3 is 5.32 Å². The van der Waals surface area contributed by atoms with Gasteiger partial charge in [0, 0.05) is 22.1 Å². The Hall–Kier alpha value is -0.920. The first kappa shape index (κ1) is 17.1. The van der Waals surface area contributed by atoms with E-state index in [1.807, 2.05) is 13.0 Å². The van der Waals surface area contributed by atoms with Crippen LogP contribution in [0.15, 0.2) is 22.7 Å². The largest absolute Gasteiger partial charge is 0.350 e. The Morgan fingerprint density at radius 1 is 1.35 bits per heavy atom. The van der Waals surface area contributed by atoms with E-state index in [9.17, 15) is 13.2 Å². The summed E-state index contributed by atoms with van der Waals surface area (Å²) in [5.74, 6) is -0.242. The van der Waals surface area contributed by atoms with Gasteiger partial charge in [-0.1, -0.05) is 22.0 Å². The zero-order chi connectivity index (χ0) is 15.6. The number of hydrogen-bond donors (Lipinski definition) is 2. The number of halogens is 1. The van der Waals surface area contributed by atoms with E-state index >= 15 is 0 Å². The minimum Gasteiger partial charge on any atom is -0.350 e. The lowest BCUT2D eigenvalue weighted by molar-refractivity contribution is 0.0944. The summed E-state index contributed by atoms with van der Waals surface area (Å²) in [6.07, 6.45) is 1.09. The zero-order valence-electron chi connectivity index (χ0n) is 12.0. The average Bonchev–Trinajstić information content (AvgIpc) is 2.26. The Kier molecular flexibility index (Phi) is 5.34.